The summed E-state index contributed by atoms with van der Waals surface area (Å²) in [7, 11) is 0. The van der Waals surface area contributed by atoms with Gasteiger partial charge in [0.2, 0.25) is 0 Å². The van der Waals surface area contributed by atoms with Crippen molar-refractivity contribution in [3.8, 4) is 10.6 Å². The molecule has 82 valence electrons. The Morgan fingerprint density at radius 1 is 1.50 bits per heavy atom. The van der Waals surface area contributed by atoms with Crippen LogP contribution in [-0.2, 0) is 11.2 Å². The van der Waals surface area contributed by atoms with Crippen molar-refractivity contribution in [2.75, 3.05) is 0 Å². The molecule has 0 bridgehead atoms. The highest BCUT2D eigenvalue weighted by Gasteiger charge is 2.11. The van der Waals surface area contributed by atoms with Gasteiger partial charge in [0, 0.05) is 11.8 Å². The van der Waals surface area contributed by atoms with Crippen LogP contribution in [0, 0.1) is 0 Å². The van der Waals surface area contributed by atoms with E-state index in [1.165, 1.54) is 17.7 Å². The third-order valence-corrected chi connectivity index (χ3v) is 3.57. The van der Waals surface area contributed by atoms with Gasteiger partial charge in [-0.1, -0.05) is 0 Å². The number of aromatic nitrogens is 2. The Morgan fingerprint density at radius 2 is 2.31 bits per heavy atom. The molecule has 2 heterocycles. The second-order valence-electron chi connectivity index (χ2n) is 3.07. The van der Waals surface area contributed by atoms with Gasteiger partial charge >= 0.3 is 5.97 Å². The summed E-state index contributed by atoms with van der Waals surface area (Å²) in [6, 6.07) is 3.81. The zero-order valence-electron chi connectivity index (χ0n) is 8.05. The lowest BCUT2D eigenvalue weighted by atomic mass is 10.1. The fraction of sp³-hybridized carbons (Fsp3) is 0.100. The van der Waals surface area contributed by atoms with E-state index in [-0.39, 0.29) is 6.42 Å². The molecular formula is C10H7BrN2O2S. The van der Waals surface area contributed by atoms with E-state index in [0.717, 1.165) is 8.66 Å². The number of carboxylic acids is 1. The molecule has 2 rings (SSSR count). The van der Waals surface area contributed by atoms with Crippen molar-refractivity contribution >= 4 is 33.2 Å². The zero-order valence-corrected chi connectivity index (χ0v) is 10.5. The maximum atomic E-state index is 10.7. The maximum Gasteiger partial charge on any atom is 0.307 e. The highest BCUT2D eigenvalue weighted by molar-refractivity contribution is 9.11. The number of rotatable bonds is 3. The number of hydrogen-bond donors (Lipinski definition) is 1. The highest BCUT2D eigenvalue weighted by atomic mass is 79.9. The normalized spacial score (nSPS) is 10.3. The standard InChI is InChI=1S/C10H7BrN2O2S/c11-8-2-1-7(16-8)10-6(3-9(14)15)4-12-5-13-10/h1-2,4-5H,3H2,(H,14,15). The molecule has 0 atom stereocenters. The number of carbonyl (C=O) groups is 1. The molecule has 0 unspecified atom stereocenters. The summed E-state index contributed by atoms with van der Waals surface area (Å²) in [6.45, 7) is 0. The van der Waals surface area contributed by atoms with Crippen LogP contribution in [0.1, 0.15) is 5.56 Å². The summed E-state index contributed by atoms with van der Waals surface area (Å²) >= 11 is 4.88. The molecule has 0 amide bonds. The topological polar surface area (TPSA) is 63.1 Å². The van der Waals surface area contributed by atoms with Crippen molar-refractivity contribution in [1.82, 2.24) is 9.97 Å². The molecule has 0 spiro atoms. The zero-order chi connectivity index (χ0) is 11.5. The molecule has 0 radical (unpaired) electrons. The van der Waals surface area contributed by atoms with Crippen LogP contribution in [-0.4, -0.2) is 21.0 Å². The number of aliphatic carboxylic acids is 1. The van der Waals surface area contributed by atoms with Crippen molar-refractivity contribution in [1.29, 1.82) is 0 Å². The van der Waals surface area contributed by atoms with Gasteiger partial charge in [-0.15, -0.1) is 11.3 Å². The van der Waals surface area contributed by atoms with Crippen molar-refractivity contribution in [3.63, 3.8) is 0 Å². The molecule has 0 saturated carbocycles. The summed E-state index contributed by atoms with van der Waals surface area (Å²) in [4.78, 5) is 19.6. The second-order valence-corrected chi connectivity index (χ2v) is 5.53. The Kier molecular flexibility index (Phi) is 3.31. The minimum Gasteiger partial charge on any atom is -0.481 e. The van der Waals surface area contributed by atoms with Crippen molar-refractivity contribution in [2.24, 2.45) is 0 Å². The molecule has 4 nitrogen and oxygen atoms in total. The fourth-order valence-corrected chi connectivity index (χ4v) is 2.73. The summed E-state index contributed by atoms with van der Waals surface area (Å²) in [5.41, 5.74) is 1.32. The van der Waals surface area contributed by atoms with Crippen LogP contribution in [0.2, 0.25) is 0 Å². The molecule has 0 aliphatic rings. The van der Waals surface area contributed by atoms with Crippen molar-refractivity contribution in [2.45, 2.75) is 6.42 Å². The smallest absolute Gasteiger partial charge is 0.307 e. The third-order valence-electron chi connectivity index (χ3n) is 1.94. The molecule has 0 aromatic carbocycles. The molecule has 1 N–H and O–H groups in total. The van der Waals surface area contributed by atoms with Gasteiger partial charge in [-0.25, -0.2) is 9.97 Å². The number of hydrogen-bond acceptors (Lipinski definition) is 4. The van der Waals surface area contributed by atoms with E-state index < -0.39 is 5.97 Å². The lowest BCUT2D eigenvalue weighted by molar-refractivity contribution is -0.136. The number of carboxylic acid groups (broad SMARTS) is 1. The largest absolute Gasteiger partial charge is 0.481 e. The first-order valence-corrected chi connectivity index (χ1v) is 6.04. The Bertz CT molecular complexity index is 527. The monoisotopic (exact) mass is 298 g/mol. The minimum atomic E-state index is -0.883. The van der Waals surface area contributed by atoms with Crippen molar-refractivity contribution < 1.29 is 9.90 Å². The van der Waals surface area contributed by atoms with E-state index in [1.807, 2.05) is 12.1 Å². The van der Waals surface area contributed by atoms with Gasteiger partial charge in [-0.2, -0.15) is 0 Å². The van der Waals surface area contributed by atoms with Gasteiger partial charge < -0.3 is 5.11 Å². The number of thiophene rings is 1. The van der Waals surface area contributed by atoms with Crippen LogP contribution in [0.3, 0.4) is 0 Å². The van der Waals surface area contributed by atoms with E-state index >= 15 is 0 Å². The Hall–Kier alpha value is -1.27. The van der Waals surface area contributed by atoms with E-state index in [2.05, 4.69) is 25.9 Å². The average Bonchev–Trinajstić information content (AvgIpc) is 2.65. The second kappa shape index (κ2) is 4.71. The molecular weight excluding hydrogens is 292 g/mol. The predicted molar refractivity (Wildman–Crippen MR) is 64.4 cm³/mol. The molecule has 0 aliphatic heterocycles. The van der Waals surface area contributed by atoms with E-state index in [9.17, 15) is 4.79 Å². The lowest BCUT2D eigenvalue weighted by Gasteiger charge is -2.02. The molecule has 2 aromatic heterocycles. The van der Waals surface area contributed by atoms with Crippen LogP contribution >= 0.6 is 27.3 Å². The Morgan fingerprint density at radius 3 is 2.94 bits per heavy atom. The van der Waals surface area contributed by atoms with Gasteiger partial charge in [0.05, 0.1) is 20.8 Å². The highest BCUT2D eigenvalue weighted by Crippen LogP contribution is 2.31. The van der Waals surface area contributed by atoms with E-state index in [1.54, 1.807) is 6.20 Å². The molecule has 2 aromatic rings. The van der Waals surface area contributed by atoms with Gasteiger partial charge in [-0.05, 0) is 28.1 Å². The molecule has 6 heteroatoms. The summed E-state index contributed by atoms with van der Waals surface area (Å²) in [6.07, 6.45) is 2.91. The van der Waals surface area contributed by atoms with Crippen LogP contribution in [0.25, 0.3) is 10.6 Å². The first-order valence-electron chi connectivity index (χ1n) is 4.43. The SMILES string of the molecule is O=C(O)Cc1cncnc1-c1ccc(Br)s1. The molecule has 16 heavy (non-hydrogen) atoms. The maximum absolute atomic E-state index is 10.7. The molecule has 0 fully saturated rings. The third kappa shape index (κ3) is 2.45. The Labute approximate surface area is 104 Å². The summed E-state index contributed by atoms with van der Waals surface area (Å²) < 4.78 is 0.988. The number of halogens is 1. The molecule has 0 saturated heterocycles. The predicted octanol–water partition coefficient (Wildman–Crippen LogP) is 2.59. The molecule has 0 aliphatic carbocycles. The fourth-order valence-electron chi connectivity index (χ4n) is 1.31. The summed E-state index contributed by atoms with van der Waals surface area (Å²) in [5.74, 6) is -0.883. The van der Waals surface area contributed by atoms with Crippen LogP contribution in [0.15, 0.2) is 28.4 Å². The summed E-state index contributed by atoms with van der Waals surface area (Å²) in [5, 5.41) is 8.78. The van der Waals surface area contributed by atoms with Gasteiger partial charge in [-0.3, -0.25) is 4.79 Å². The average molecular weight is 299 g/mol. The van der Waals surface area contributed by atoms with E-state index in [4.69, 9.17) is 5.11 Å². The first-order chi connectivity index (χ1) is 7.66. The Balaban J connectivity index is 2.43. The van der Waals surface area contributed by atoms with Crippen LogP contribution in [0.4, 0.5) is 0 Å². The van der Waals surface area contributed by atoms with Gasteiger partial charge in [0.15, 0.2) is 0 Å². The van der Waals surface area contributed by atoms with E-state index in [0.29, 0.717) is 11.3 Å². The van der Waals surface area contributed by atoms with Crippen molar-refractivity contribution in [3.05, 3.63) is 34.0 Å². The minimum absolute atomic E-state index is 0.0638. The van der Waals surface area contributed by atoms with Crippen LogP contribution < -0.4 is 0 Å². The quantitative estimate of drug-likeness (QED) is 0.946. The lowest BCUT2D eigenvalue weighted by Crippen LogP contribution is -2.03. The first kappa shape index (κ1) is 11.2. The number of nitrogens with zero attached hydrogens (tertiary/aromatic N) is 2. The van der Waals surface area contributed by atoms with Crippen LogP contribution in [0.5, 0.6) is 0 Å². The van der Waals surface area contributed by atoms with Gasteiger partial charge in [0.1, 0.15) is 6.33 Å². The van der Waals surface area contributed by atoms with Gasteiger partial charge in [0.25, 0.3) is 0 Å².